The van der Waals surface area contributed by atoms with Crippen LogP contribution in [0.15, 0.2) is 54.7 Å². The summed E-state index contributed by atoms with van der Waals surface area (Å²) in [6, 6.07) is 16.3. The Morgan fingerprint density at radius 3 is 2.33 bits per heavy atom. The molecule has 190 valence electrons. The van der Waals surface area contributed by atoms with Crippen LogP contribution in [0.4, 0.5) is 5.82 Å². The molecule has 0 N–H and O–H groups in total. The van der Waals surface area contributed by atoms with Crippen LogP contribution in [-0.2, 0) is 9.53 Å². The summed E-state index contributed by atoms with van der Waals surface area (Å²) in [4.78, 5) is 32.3. The van der Waals surface area contributed by atoms with Crippen molar-refractivity contribution in [1.29, 1.82) is 0 Å². The molecular weight excluding hydrogens is 448 g/mol. The topological polar surface area (TPSA) is 59.5 Å². The van der Waals surface area contributed by atoms with E-state index in [2.05, 4.69) is 56.9 Å². The van der Waals surface area contributed by atoms with Crippen LogP contribution in [0.2, 0.25) is 0 Å². The molecule has 36 heavy (non-hydrogen) atoms. The standard InChI is InChI=1S/C31H38N2O3/c1-21-6-10-23(11-7-21)24-12-8-22(9-13-24)20-33(28(34)19-31(2,3)4)29-27-15-14-26(30(35)36-5)18-25(27)16-17-32-29/h6-7,10-11,14-18,22,24H,8-9,12-13,19-20H2,1-5H3/t22-,24-. The number of anilines is 1. The summed E-state index contributed by atoms with van der Waals surface area (Å²) in [5.74, 6) is 1.43. The Bertz CT molecular complexity index is 1220. The molecule has 1 aliphatic carbocycles. The number of rotatable bonds is 6. The van der Waals surface area contributed by atoms with Gasteiger partial charge in [-0.05, 0) is 85.1 Å². The highest BCUT2D eigenvalue weighted by atomic mass is 16.5. The molecule has 0 saturated heterocycles. The second-order valence-electron chi connectivity index (χ2n) is 11.4. The third kappa shape index (κ3) is 6.13. The van der Waals surface area contributed by atoms with E-state index in [-0.39, 0.29) is 17.3 Å². The fourth-order valence-electron chi connectivity index (χ4n) is 5.25. The van der Waals surface area contributed by atoms with Gasteiger partial charge in [0.2, 0.25) is 5.91 Å². The molecule has 1 saturated carbocycles. The maximum atomic E-state index is 13.6. The van der Waals surface area contributed by atoms with Crippen LogP contribution in [0.25, 0.3) is 10.8 Å². The molecule has 0 unspecified atom stereocenters. The van der Waals surface area contributed by atoms with Crippen molar-refractivity contribution in [2.24, 2.45) is 11.3 Å². The van der Waals surface area contributed by atoms with Gasteiger partial charge in [0.1, 0.15) is 5.82 Å². The van der Waals surface area contributed by atoms with Crippen molar-refractivity contribution in [3.63, 3.8) is 0 Å². The minimum atomic E-state index is -0.374. The van der Waals surface area contributed by atoms with Crippen molar-refractivity contribution in [3.05, 3.63) is 71.4 Å². The van der Waals surface area contributed by atoms with Gasteiger partial charge in [-0.1, -0.05) is 50.6 Å². The van der Waals surface area contributed by atoms with Gasteiger partial charge in [0.05, 0.1) is 12.7 Å². The van der Waals surface area contributed by atoms with E-state index < -0.39 is 0 Å². The zero-order valence-electron chi connectivity index (χ0n) is 22.2. The third-order valence-electron chi connectivity index (χ3n) is 7.24. The van der Waals surface area contributed by atoms with Gasteiger partial charge in [-0.25, -0.2) is 9.78 Å². The molecule has 0 spiro atoms. The minimum Gasteiger partial charge on any atom is -0.465 e. The molecule has 5 nitrogen and oxygen atoms in total. The predicted molar refractivity (Wildman–Crippen MR) is 145 cm³/mol. The Morgan fingerprint density at radius 2 is 1.69 bits per heavy atom. The van der Waals surface area contributed by atoms with E-state index >= 15 is 0 Å². The van der Waals surface area contributed by atoms with Gasteiger partial charge in [-0.15, -0.1) is 0 Å². The van der Waals surface area contributed by atoms with E-state index in [1.165, 1.54) is 18.2 Å². The molecule has 2 aromatic carbocycles. The molecular formula is C31H38N2O3. The Kier molecular flexibility index (Phi) is 7.77. The summed E-state index contributed by atoms with van der Waals surface area (Å²) in [7, 11) is 1.38. The summed E-state index contributed by atoms with van der Waals surface area (Å²) in [6.07, 6.45) is 6.64. The molecule has 5 heteroatoms. The first kappa shape index (κ1) is 25.9. The number of carbonyl (C=O) groups excluding carboxylic acids is 2. The lowest BCUT2D eigenvalue weighted by atomic mass is 9.78. The largest absolute Gasteiger partial charge is 0.465 e. The minimum absolute atomic E-state index is 0.0974. The average molecular weight is 487 g/mol. The summed E-state index contributed by atoms with van der Waals surface area (Å²) in [5, 5.41) is 1.75. The molecule has 4 rings (SSSR count). The number of hydrogen-bond acceptors (Lipinski definition) is 4. The highest BCUT2D eigenvalue weighted by Gasteiger charge is 2.29. The second-order valence-corrected chi connectivity index (χ2v) is 11.4. The fraction of sp³-hybridized carbons (Fsp3) is 0.452. The number of fused-ring (bicyclic) bond motifs is 1. The molecule has 1 amide bonds. The van der Waals surface area contributed by atoms with Crippen LogP contribution in [0, 0.1) is 18.3 Å². The van der Waals surface area contributed by atoms with E-state index in [1.54, 1.807) is 12.3 Å². The molecule has 3 aromatic rings. The lowest BCUT2D eigenvalue weighted by Gasteiger charge is -2.34. The number of carbonyl (C=O) groups is 2. The summed E-state index contributed by atoms with van der Waals surface area (Å²) in [5.41, 5.74) is 3.09. The van der Waals surface area contributed by atoms with Crippen LogP contribution in [0.5, 0.6) is 0 Å². The van der Waals surface area contributed by atoms with E-state index in [0.29, 0.717) is 36.2 Å². The molecule has 1 aromatic heterocycles. The highest BCUT2D eigenvalue weighted by Crippen LogP contribution is 2.38. The van der Waals surface area contributed by atoms with Crippen LogP contribution in [0.1, 0.15) is 80.3 Å². The zero-order chi connectivity index (χ0) is 25.9. The average Bonchev–Trinajstić information content (AvgIpc) is 2.86. The normalized spacial score (nSPS) is 18.1. The quantitative estimate of drug-likeness (QED) is 0.350. The molecule has 0 aliphatic heterocycles. The number of aromatic nitrogens is 1. The number of benzene rings is 2. The van der Waals surface area contributed by atoms with Crippen molar-refractivity contribution in [1.82, 2.24) is 4.98 Å². The smallest absolute Gasteiger partial charge is 0.337 e. The monoisotopic (exact) mass is 486 g/mol. The first-order valence-electron chi connectivity index (χ1n) is 13.0. The zero-order valence-corrected chi connectivity index (χ0v) is 22.2. The fourth-order valence-corrected chi connectivity index (χ4v) is 5.25. The number of nitrogens with zero attached hydrogens (tertiary/aromatic N) is 2. The molecule has 1 fully saturated rings. The van der Waals surface area contributed by atoms with E-state index in [0.717, 1.165) is 36.5 Å². The number of ether oxygens (including phenoxy) is 1. The third-order valence-corrected chi connectivity index (χ3v) is 7.24. The van der Waals surface area contributed by atoms with Crippen LogP contribution >= 0.6 is 0 Å². The van der Waals surface area contributed by atoms with Gasteiger partial charge in [0.25, 0.3) is 0 Å². The van der Waals surface area contributed by atoms with Gasteiger partial charge in [-0.2, -0.15) is 0 Å². The number of amides is 1. The number of esters is 1. The van der Waals surface area contributed by atoms with Crippen LogP contribution < -0.4 is 4.90 Å². The maximum Gasteiger partial charge on any atom is 0.337 e. The molecule has 0 atom stereocenters. The van der Waals surface area contributed by atoms with Gasteiger partial charge >= 0.3 is 5.97 Å². The van der Waals surface area contributed by atoms with E-state index in [4.69, 9.17) is 4.74 Å². The van der Waals surface area contributed by atoms with Gasteiger partial charge < -0.3 is 4.74 Å². The molecule has 1 heterocycles. The number of aryl methyl sites for hydroxylation is 1. The van der Waals surface area contributed by atoms with Crippen molar-refractivity contribution in [3.8, 4) is 0 Å². The van der Waals surface area contributed by atoms with Crippen LogP contribution in [0.3, 0.4) is 0 Å². The predicted octanol–water partition coefficient (Wildman–Crippen LogP) is 7.07. The van der Waals surface area contributed by atoms with Gasteiger partial charge in [-0.3, -0.25) is 9.69 Å². The highest BCUT2D eigenvalue weighted by molar-refractivity contribution is 6.04. The Labute approximate surface area is 214 Å². The van der Waals surface area contributed by atoms with Gasteiger partial charge in [0.15, 0.2) is 0 Å². The van der Waals surface area contributed by atoms with Crippen molar-refractivity contribution < 1.29 is 14.3 Å². The number of hydrogen-bond donors (Lipinski definition) is 0. The molecule has 0 bridgehead atoms. The van der Waals surface area contributed by atoms with E-state index in [9.17, 15) is 9.59 Å². The summed E-state index contributed by atoms with van der Waals surface area (Å²) >= 11 is 0. The van der Waals surface area contributed by atoms with Crippen molar-refractivity contribution >= 4 is 28.5 Å². The first-order chi connectivity index (χ1) is 17.1. The lowest BCUT2D eigenvalue weighted by molar-refractivity contribution is -0.120. The Morgan fingerprint density at radius 1 is 1.00 bits per heavy atom. The Hall–Kier alpha value is -3.21. The molecule has 0 radical (unpaired) electrons. The van der Waals surface area contributed by atoms with Crippen LogP contribution in [-0.4, -0.2) is 30.5 Å². The first-order valence-corrected chi connectivity index (χ1v) is 13.0. The van der Waals surface area contributed by atoms with Crippen molar-refractivity contribution in [2.45, 2.75) is 65.7 Å². The number of methoxy groups -OCH3 is 1. The summed E-state index contributed by atoms with van der Waals surface area (Å²) < 4.78 is 4.88. The maximum absolute atomic E-state index is 13.6. The van der Waals surface area contributed by atoms with Gasteiger partial charge in [0, 0.05) is 24.5 Å². The second kappa shape index (κ2) is 10.8. The lowest BCUT2D eigenvalue weighted by Crippen LogP contribution is -2.39. The SMILES string of the molecule is COC(=O)c1ccc2c(N(C[C@H]3CC[C@H](c4ccc(C)cc4)CC3)C(=O)CC(C)(C)C)nccc2c1. The van der Waals surface area contributed by atoms with E-state index in [1.807, 2.05) is 23.1 Å². The Balaban J connectivity index is 1.58. The summed E-state index contributed by atoms with van der Waals surface area (Å²) in [6.45, 7) is 9.07. The van der Waals surface area contributed by atoms with Crippen molar-refractivity contribution in [2.75, 3.05) is 18.6 Å². The molecule has 1 aliphatic rings. The number of pyridine rings is 1.